The molecule has 3 heteroatoms. The number of aromatic nitrogens is 3. The Morgan fingerprint density at radius 2 is 1.34 bits per heavy atom. The molecule has 4 aromatic carbocycles. The highest BCUT2D eigenvalue weighted by Gasteiger charge is 2.15. The Labute approximate surface area is 184 Å². The van der Waals surface area contributed by atoms with E-state index in [-0.39, 0.29) is 0 Å². The van der Waals surface area contributed by atoms with E-state index in [1.54, 1.807) is 0 Å². The van der Waals surface area contributed by atoms with Gasteiger partial charge in [0.25, 0.3) is 0 Å². The Morgan fingerprint density at radius 1 is 0.531 bits per heavy atom. The van der Waals surface area contributed by atoms with Crippen molar-refractivity contribution in [3.8, 4) is 11.3 Å². The molecule has 0 aliphatic rings. The van der Waals surface area contributed by atoms with Crippen LogP contribution in [0.2, 0.25) is 0 Å². The number of rotatable bonds is 1. The molecule has 0 aliphatic heterocycles. The molecular weight excluding hydrogens is 390 g/mol. The zero-order valence-corrected chi connectivity index (χ0v) is 17.2. The summed E-state index contributed by atoms with van der Waals surface area (Å²) >= 11 is 0. The second kappa shape index (κ2) is 6.56. The maximum Gasteiger partial charge on any atom is 0.0971 e. The van der Waals surface area contributed by atoms with Crippen LogP contribution in [0.25, 0.3) is 65.5 Å². The van der Waals surface area contributed by atoms with Gasteiger partial charge in [-0.1, -0.05) is 72.8 Å². The zero-order chi connectivity index (χ0) is 21.1. The van der Waals surface area contributed by atoms with E-state index < -0.39 is 0 Å². The normalized spacial score (nSPS) is 11.8. The highest BCUT2D eigenvalue weighted by molar-refractivity contribution is 6.24. The lowest BCUT2D eigenvalue weighted by Crippen LogP contribution is -1.93. The highest BCUT2D eigenvalue weighted by Crippen LogP contribution is 2.38. The third kappa shape index (κ3) is 2.45. The summed E-state index contributed by atoms with van der Waals surface area (Å²) in [6, 6.07) is 31.7. The number of pyridine rings is 3. The average Bonchev–Trinajstić information content (AvgIpc) is 2.87. The van der Waals surface area contributed by atoms with Crippen molar-refractivity contribution in [2.75, 3.05) is 0 Å². The molecule has 7 rings (SSSR count). The smallest absolute Gasteiger partial charge is 0.0971 e. The van der Waals surface area contributed by atoms with Gasteiger partial charge >= 0.3 is 0 Å². The molecule has 0 aliphatic carbocycles. The predicted molar refractivity (Wildman–Crippen MR) is 133 cm³/mol. The molecule has 0 amide bonds. The molecule has 0 unspecified atom stereocenters. The predicted octanol–water partition coefficient (Wildman–Crippen LogP) is 7.30. The van der Waals surface area contributed by atoms with Crippen molar-refractivity contribution in [2.45, 2.75) is 0 Å². The average molecular weight is 407 g/mol. The molecule has 0 fully saturated rings. The number of nitrogens with zero attached hydrogens (tertiary/aromatic N) is 3. The molecule has 0 radical (unpaired) electrons. The molecule has 0 saturated heterocycles. The van der Waals surface area contributed by atoms with Crippen LogP contribution >= 0.6 is 0 Å². The largest absolute Gasteiger partial charge is 0.254 e. The van der Waals surface area contributed by atoms with Crippen LogP contribution in [-0.4, -0.2) is 15.0 Å². The molecule has 32 heavy (non-hydrogen) atoms. The fourth-order valence-electron chi connectivity index (χ4n) is 4.79. The number of hydrogen-bond donors (Lipinski definition) is 0. The summed E-state index contributed by atoms with van der Waals surface area (Å²) in [6.07, 6.45) is 3.80. The van der Waals surface area contributed by atoms with E-state index >= 15 is 0 Å². The summed E-state index contributed by atoms with van der Waals surface area (Å²) in [6.45, 7) is 0. The van der Waals surface area contributed by atoms with E-state index in [9.17, 15) is 0 Å². The molecule has 0 N–H and O–H groups in total. The summed E-state index contributed by atoms with van der Waals surface area (Å²) in [5.41, 5.74) is 4.90. The minimum absolute atomic E-state index is 0.927. The third-order valence-corrected chi connectivity index (χ3v) is 6.29. The van der Waals surface area contributed by atoms with Gasteiger partial charge in [0.2, 0.25) is 0 Å². The highest BCUT2D eigenvalue weighted by atomic mass is 14.8. The SMILES string of the molecule is c1ccc2cc(-c3nc4ccccc4c4c3cnc3c4ccc4cccnc43)ccc2c1. The Balaban J connectivity index is 1.66. The summed E-state index contributed by atoms with van der Waals surface area (Å²) in [4.78, 5) is 14.6. The number of hydrogen-bond acceptors (Lipinski definition) is 3. The Hall–Kier alpha value is -4.37. The van der Waals surface area contributed by atoms with Gasteiger partial charge in [0.15, 0.2) is 0 Å². The van der Waals surface area contributed by atoms with Gasteiger partial charge in [0.1, 0.15) is 0 Å². The lowest BCUT2D eigenvalue weighted by atomic mass is 9.96. The Kier molecular flexibility index (Phi) is 3.55. The zero-order valence-electron chi connectivity index (χ0n) is 17.2. The summed E-state index contributed by atoms with van der Waals surface area (Å²) < 4.78 is 0. The molecule has 0 saturated carbocycles. The monoisotopic (exact) mass is 407 g/mol. The van der Waals surface area contributed by atoms with Gasteiger partial charge in [0, 0.05) is 44.9 Å². The van der Waals surface area contributed by atoms with Crippen molar-refractivity contribution in [1.29, 1.82) is 0 Å². The van der Waals surface area contributed by atoms with Gasteiger partial charge in [-0.3, -0.25) is 9.97 Å². The molecule has 3 heterocycles. The van der Waals surface area contributed by atoms with Gasteiger partial charge < -0.3 is 0 Å². The standard InChI is InChI=1S/C29H17N3/c1-2-7-20-16-21(12-11-18(20)6-1)27-24-17-31-29-23(14-13-19-8-5-15-30-28(19)29)26(24)22-9-3-4-10-25(22)32-27/h1-17H. The molecule has 3 nitrogen and oxygen atoms in total. The molecule has 3 aromatic heterocycles. The lowest BCUT2D eigenvalue weighted by molar-refractivity contribution is 1.38. The van der Waals surface area contributed by atoms with Gasteiger partial charge in [-0.25, -0.2) is 4.98 Å². The molecule has 0 atom stereocenters. The van der Waals surface area contributed by atoms with E-state index in [1.165, 1.54) is 16.2 Å². The second-order valence-corrected chi connectivity index (χ2v) is 8.12. The maximum atomic E-state index is 5.09. The van der Waals surface area contributed by atoms with Gasteiger partial charge in [-0.15, -0.1) is 0 Å². The van der Waals surface area contributed by atoms with Crippen molar-refractivity contribution >= 4 is 54.3 Å². The second-order valence-electron chi connectivity index (χ2n) is 8.12. The Bertz CT molecular complexity index is 1840. The van der Waals surface area contributed by atoms with Crippen LogP contribution in [0.3, 0.4) is 0 Å². The van der Waals surface area contributed by atoms with E-state index in [0.717, 1.165) is 49.4 Å². The van der Waals surface area contributed by atoms with Crippen LogP contribution in [-0.2, 0) is 0 Å². The number of para-hydroxylation sites is 1. The van der Waals surface area contributed by atoms with Crippen LogP contribution in [0.4, 0.5) is 0 Å². The summed E-state index contributed by atoms with van der Waals surface area (Å²) in [5.74, 6) is 0. The topological polar surface area (TPSA) is 38.7 Å². The van der Waals surface area contributed by atoms with E-state index in [1.807, 2.05) is 24.5 Å². The minimum Gasteiger partial charge on any atom is -0.254 e. The first kappa shape index (κ1) is 17.3. The quantitative estimate of drug-likeness (QED) is 0.268. The third-order valence-electron chi connectivity index (χ3n) is 6.29. The van der Waals surface area contributed by atoms with E-state index in [0.29, 0.717) is 0 Å². The fraction of sp³-hybridized carbons (Fsp3) is 0. The van der Waals surface area contributed by atoms with Crippen molar-refractivity contribution in [3.63, 3.8) is 0 Å². The first-order valence-corrected chi connectivity index (χ1v) is 10.7. The molecule has 0 bridgehead atoms. The van der Waals surface area contributed by atoms with Crippen molar-refractivity contribution < 1.29 is 0 Å². The van der Waals surface area contributed by atoms with Crippen LogP contribution in [0.5, 0.6) is 0 Å². The number of benzene rings is 4. The summed E-state index contributed by atoms with van der Waals surface area (Å²) in [7, 11) is 0. The van der Waals surface area contributed by atoms with Crippen molar-refractivity contribution in [1.82, 2.24) is 15.0 Å². The fourth-order valence-corrected chi connectivity index (χ4v) is 4.79. The molecule has 7 aromatic rings. The minimum atomic E-state index is 0.927. The lowest BCUT2D eigenvalue weighted by Gasteiger charge is -2.13. The first-order chi connectivity index (χ1) is 15.9. The molecule has 0 spiro atoms. The van der Waals surface area contributed by atoms with Gasteiger partial charge in [-0.2, -0.15) is 0 Å². The van der Waals surface area contributed by atoms with Crippen molar-refractivity contribution in [2.24, 2.45) is 0 Å². The summed E-state index contributed by atoms with van der Waals surface area (Å²) in [5, 5.41) is 8.00. The van der Waals surface area contributed by atoms with E-state index in [4.69, 9.17) is 9.97 Å². The van der Waals surface area contributed by atoms with Crippen molar-refractivity contribution in [3.05, 3.63) is 103 Å². The Morgan fingerprint density at radius 3 is 2.31 bits per heavy atom. The van der Waals surface area contributed by atoms with Crippen LogP contribution in [0, 0.1) is 0 Å². The molecular formula is C29H17N3. The number of fused-ring (bicyclic) bond motifs is 8. The first-order valence-electron chi connectivity index (χ1n) is 10.7. The van der Waals surface area contributed by atoms with Gasteiger partial charge in [-0.05, 0) is 29.0 Å². The van der Waals surface area contributed by atoms with Crippen LogP contribution in [0.15, 0.2) is 103 Å². The van der Waals surface area contributed by atoms with E-state index in [2.05, 4.69) is 83.8 Å². The van der Waals surface area contributed by atoms with Crippen LogP contribution < -0.4 is 0 Å². The maximum absolute atomic E-state index is 5.09. The molecule has 148 valence electrons. The van der Waals surface area contributed by atoms with Gasteiger partial charge in [0.05, 0.1) is 22.2 Å². The van der Waals surface area contributed by atoms with Crippen LogP contribution in [0.1, 0.15) is 0 Å².